The third-order valence-corrected chi connectivity index (χ3v) is 1.87. The maximum Gasteiger partial charge on any atom is 0.181 e. The average molecular weight is 162 g/mol. The molecule has 0 saturated carbocycles. The second-order valence-corrected chi connectivity index (χ2v) is 2.67. The number of hydrogen-bond donors (Lipinski definition) is 1. The molecule has 1 aromatic heterocycles. The molecule has 2 N–H and O–H groups in total. The zero-order valence-corrected chi connectivity index (χ0v) is 6.66. The minimum absolute atomic E-state index is 0.556. The van der Waals surface area contributed by atoms with E-state index in [4.69, 9.17) is 10.2 Å². The monoisotopic (exact) mass is 162 g/mol. The second-order valence-electron chi connectivity index (χ2n) is 2.67. The molecule has 1 aliphatic carbocycles. The second kappa shape index (κ2) is 2.95. The van der Waals surface area contributed by atoms with Gasteiger partial charge in [-0.25, -0.2) is 4.98 Å². The number of nitrogens with two attached hydrogens (primary N) is 1. The summed E-state index contributed by atoms with van der Waals surface area (Å²) in [6.45, 7) is 0.556. The summed E-state index contributed by atoms with van der Waals surface area (Å²) in [5, 5.41) is 0.879. The Kier molecular flexibility index (Phi) is 1.80. The molecule has 1 aromatic rings. The predicted octanol–water partition coefficient (Wildman–Crippen LogP) is -0.476. The highest BCUT2D eigenvalue weighted by Gasteiger charge is 1.96. The zero-order chi connectivity index (χ0) is 8.39. The van der Waals surface area contributed by atoms with Crippen molar-refractivity contribution in [2.24, 2.45) is 5.73 Å². The van der Waals surface area contributed by atoms with Gasteiger partial charge in [-0.15, -0.1) is 0 Å². The van der Waals surface area contributed by atoms with Gasteiger partial charge in [-0.05, 0) is 24.1 Å². The molecule has 0 amide bonds. The van der Waals surface area contributed by atoms with Gasteiger partial charge in [0.2, 0.25) is 0 Å². The third kappa shape index (κ3) is 1.19. The van der Waals surface area contributed by atoms with Crippen molar-refractivity contribution >= 4 is 12.2 Å². The largest absolute Gasteiger partial charge is 0.444 e. The molecule has 2 rings (SSSR count). The van der Waals surface area contributed by atoms with Crippen LogP contribution in [0.25, 0.3) is 12.2 Å². The summed E-state index contributed by atoms with van der Waals surface area (Å²) in [7, 11) is 0. The van der Waals surface area contributed by atoms with Gasteiger partial charge < -0.3 is 10.2 Å². The van der Waals surface area contributed by atoms with Gasteiger partial charge in [-0.2, -0.15) is 0 Å². The van der Waals surface area contributed by atoms with E-state index < -0.39 is 0 Å². The number of nitrogens with zero attached hydrogens (tertiary/aromatic N) is 1. The van der Waals surface area contributed by atoms with Gasteiger partial charge in [0.15, 0.2) is 11.8 Å². The predicted molar refractivity (Wildman–Crippen MR) is 46.4 cm³/mol. The van der Waals surface area contributed by atoms with Crippen molar-refractivity contribution in [1.82, 2.24) is 4.98 Å². The maximum atomic E-state index is 5.53. The first-order chi connectivity index (χ1) is 5.90. The van der Waals surface area contributed by atoms with E-state index >= 15 is 0 Å². The van der Waals surface area contributed by atoms with E-state index in [9.17, 15) is 0 Å². The van der Waals surface area contributed by atoms with Gasteiger partial charge in [-0.1, -0.05) is 6.08 Å². The molecule has 3 heteroatoms. The maximum absolute atomic E-state index is 5.53. The highest BCUT2D eigenvalue weighted by Crippen LogP contribution is 1.98. The van der Waals surface area contributed by atoms with Gasteiger partial charge >= 0.3 is 0 Å². The van der Waals surface area contributed by atoms with Gasteiger partial charge in [0, 0.05) is 6.54 Å². The summed E-state index contributed by atoms with van der Waals surface area (Å²) in [5.41, 5.74) is 7.48. The Morgan fingerprint density at radius 3 is 3.25 bits per heavy atom. The first-order valence-electron chi connectivity index (χ1n) is 3.90. The Balaban J connectivity index is 2.61. The van der Waals surface area contributed by atoms with Crippen LogP contribution in [0.5, 0.6) is 0 Å². The molecule has 3 nitrogen and oxygen atoms in total. The molecule has 0 bridgehead atoms. The van der Waals surface area contributed by atoms with Crippen molar-refractivity contribution in [3.63, 3.8) is 0 Å². The molecule has 1 heterocycles. The Labute approximate surface area is 69.9 Å². The number of rotatable bonds is 1. The molecule has 0 aromatic carbocycles. The molecule has 0 atom stereocenters. The van der Waals surface area contributed by atoms with E-state index in [-0.39, 0.29) is 0 Å². The minimum atomic E-state index is 0.556. The van der Waals surface area contributed by atoms with Crippen molar-refractivity contribution in [1.29, 1.82) is 0 Å². The van der Waals surface area contributed by atoms with Crippen LogP contribution in [0.1, 0.15) is 6.42 Å². The van der Waals surface area contributed by atoms with Crippen LogP contribution < -0.4 is 16.5 Å². The Morgan fingerprint density at radius 1 is 1.50 bits per heavy atom. The molecule has 1 aliphatic rings. The zero-order valence-electron chi connectivity index (χ0n) is 6.66. The lowest BCUT2D eigenvalue weighted by Crippen LogP contribution is -2.21. The van der Waals surface area contributed by atoms with E-state index in [2.05, 4.69) is 11.1 Å². The smallest absolute Gasteiger partial charge is 0.181 e. The first-order valence-corrected chi connectivity index (χ1v) is 3.90. The van der Waals surface area contributed by atoms with Crippen molar-refractivity contribution in [3.8, 4) is 0 Å². The molecule has 62 valence electrons. The summed E-state index contributed by atoms with van der Waals surface area (Å²) in [4.78, 5) is 4.07. The molecule has 0 spiro atoms. The van der Waals surface area contributed by atoms with Gasteiger partial charge in [0.1, 0.15) is 5.35 Å². The average Bonchev–Trinajstić information content (AvgIpc) is 2.43. The first kappa shape index (κ1) is 7.31. The summed E-state index contributed by atoms with van der Waals surface area (Å²) in [5.74, 6) is 0. The molecule has 0 radical (unpaired) electrons. The number of allylic oxidation sites excluding steroid dienone is 1. The molecule has 0 fully saturated rings. The number of aromatic nitrogens is 1. The Bertz CT molecular complexity index is 414. The van der Waals surface area contributed by atoms with Crippen LogP contribution in [-0.2, 0) is 0 Å². The van der Waals surface area contributed by atoms with Gasteiger partial charge in [-0.3, -0.25) is 0 Å². The van der Waals surface area contributed by atoms with Crippen LogP contribution in [0.4, 0.5) is 0 Å². The molecule has 0 saturated heterocycles. The van der Waals surface area contributed by atoms with E-state index in [0.29, 0.717) is 6.54 Å². The fourth-order valence-electron chi connectivity index (χ4n) is 1.22. The highest BCUT2D eigenvalue weighted by molar-refractivity contribution is 5.49. The molecular weight excluding hydrogens is 152 g/mol. The fourth-order valence-corrected chi connectivity index (χ4v) is 1.22. The Hall–Kier alpha value is -1.35. The lowest BCUT2D eigenvalue weighted by molar-refractivity contribution is 0.524. The van der Waals surface area contributed by atoms with Gasteiger partial charge in [0.25, 0.3) is 0 Å². The summed E-state index contributed by atoms with van der Waals surface area (Å²) in [6.07, 6.45) is 8.36. The summed E-state index contributed by atoms with van der Waals surface area (Å²) in [6, 6.07) is 0. The van der Waals surface area contributed by atoms with Crippen LogP contribution in [0.3, 0.4) is 0 Å². The van der Waals surface area contributed by atoms with E-state index in [1.165, 1.54) is 6.39 Å². The molecule has 12 heavy (non-hydrogen) atoms. The van der Waals surface area contributed by atoms with Crippen LogP contribution in [0.2, 0.25) is 0 Å². The van der Waals surface area contributed by atoms with Gasteiger partial charge in [0.05, 0.1) is 0 Å². The third-order valence-electron chi connectivity index (χ3n) is 1.87. The number of oxazole rings is 1. The topological polar surface area (TPSA) is 52.0 Å². The van der Waals surface area contributed by atoms with E-state index in [1.54, 1.807) is 0 Å². The molecular formula is C9H10N2O. The van der Waals surface area contributed by atoms with Crippen molar-refractivity contribution in [2.75, 3.05) is 6.54 Å². The lowest BCUT2D eigenvalue weighted by atomic mass is 10.2. The van der Waals surface area contributed by atoms with Crippen LogP contribution >= 0.6 is 0 Å². The fraction of sp³-hybridized carbons (Fsp3) is 0.222. The van der Waals surface area contributed by atoms with Crippen molar-refractivity contribution < 1.29 is 4.42 Å². The standard InChI is InChI=1S/C9H10N2O/c10-5-7-2-1-3-9-8(4-7)11-6-12-9/h2-4,6H,1,5,10H2. The normalized spacial score (nSPS) is 15.2. The number of fused-ring (bicyclic) bond motifs is 1. The number of hydrogen-bond acceptors (Lipinski definition) is 3. The quantitative estimate of drug-likeness (QED) is 0.607. The van der Waals surface area contributed by atoms with E-state index in [0.717, 1.165) is 22.8 Å². The van der Waals surface area contributed by atoms with Crippen LogP contribution in [0.15, 0.2) is 22.5 Å². The molecule has 0 unspecified atom stereocenters. The SMILES string of the molecule is NCC1=CCC=c2ocnc2=C1. The highest BCUT2D eigenvalue weighted by atomic mass is 16.3. The van der Waals surface area contributed by atoms with Crippen LogP contribution in [0, 0.1) is 0 Å². The summed E-state index contributed by atoms with van der Waals surface area (Å²) < 4.78 is 5.16. The lowest BCUT2D eigenvalue weighted by Gasteiger charge is -1.91. The van der Waals surface area contributed by atoms with E-state index in [1.807, 2.05) is 12.2 Å². The Morgan fingerprint density at radius 2 is 2.42 bits per heavy atom. The van der Waals surface area contributed by atoms with Crippen molar-refractivity contribution in [3.05, 3.63) is 28.8 Å². The van der Waals surface area contributed by atoms with Crippen molar-refractivity contribution in [2.45, 2.75) is 6.42 Å². The molecule has 0 aliphatic heterocycles. The summed E-state index contributed by atoms with van der Waals surface area (Å²) >= 11 is 0. The van der Waals surface area contributed by atoms with Crippen LogP contribution in [-0.4, -0.2) is 11.5 Å². The minimum Gasteiger partial charge on any atom is -0.444 e.